The Morgan fingerprint density at radius 3 is 2.62 bits per heavy atom. The molecule has 1 aliphatic heterocycles. The summed E-state index contributed by atoms with van der Waals surface area (Å²) in [6.45, 7) is 0.956. The van der Waals surface area contributed by atoms with E-state index in [9.17, 15) is 0 Å². The van der Waals surface area contributed by atoms with Crippen molar-refractivity contribution in [3.05, 3.63) is 65.7 Å². The fourth-order valence-electron chi connectivity index (χ4n) is 2.67. The fourth-order valence-corrected chi connectivity index (χ4v) is 2.67. The van der Waals surface area contributed by atoms with Crippen LogP contribution in [0.2, 0.25) is 0 Å². The van der Waals surface area contributed by atoms with E-state index in [1.807, 2.05) is 54.6 Å². The van der Waals surface area contributed by atoms with Crippen LogP contribution in [0, 0.1) is 11.3 Å². The molecule has 1 atom stereocenters. The summed E-state index contributed by atoms with van der Waals surface area (Å²) < 4.78 is 11.8. The van der Waals surface area contributed by atoms with Gasteiger partial charge in [0.1, 0.15) is 11.4 Å². The van der Waals surface area contributed by atoms with Gasteiger partial charge in [-0.05, 0) is 17.2 Å². The number of para-hydroxylation sites is 1. The molecule has 1 aliphatic rings. The molecule has 0 aromatic heterocycles. The first-order valence-corrected chi connectivity index (χ1v) is 7.07. The van der Waals surface area contributed by atoms with Crippen molar-refractivity contribution < 1.29 is 9.47 Å². The molecule has 0 saturated carbocycles. The van der Waals surface area contributed by atoms with Crippen LogP contribution in [0.4, 0.5) is 0 Å². The number of rotatable bonds is 5. The highest BCUT2D eigenvalue weighted by Gasteiger charge is 2.39. The lowest BCUT2D eigenvalue weighted by atomic mass is 9.95. The zero-order valence-electron chi connectivity index (χ0n) is 11.8. The lowest BCUT2D eigenvalue weighted by molar-refractivity contribution is -0.0173. The number of benzene rings is 2. The fraction of sp³-hybridized carbons (Fsp3) is 0.278. The Kier molecular flexibility index (Phi) is 3.89. The van der Waals surface area contributed by atoms with Gasteiger partial charge in [-0.15, -0.1) is 0 Å². The highest BCUT2D eigenvalue weighted by atomic mass is 16.5. The lowest BCUT2D eigenvalue weighted by Gasteiger charge is -2.26. The molecular formula is C18H17NO2. The predicted molar refractivity (Wildman–Crippen MR) is 79.8 cm³/mol. The monoisotopic (exact) mass is 279 g/mol. The van der Waals surface area contributed by atoms with E-state index < -0.39 is 5.60 Å². The first-order chi connectivity index (χ1) is 10.3. The Balaban J connectivity index is 1.65. The minimum absolute atomic E-state index is 0.330. The Labute approximate surface area is 124 Å². The Morgan fingerprint density at radius 2 is 1.86 bits per heavy atom. The van der Waals surface area contributed by atoms with E-state index in [-0.39, 0.29) is 0 Å². The summed E-state index contributed by atoms with van der Waals surface area (Å²) in [4.78, 5) is 0. The smallest absolute Gasteiger partial charge is 0.149 e. The molecule has 0 radical (unpaired) electrons. The van der Waals surface area contributed by atoms with Crippen molar-refractivity contribution in [2.24, 2.45) is 0 Å². The van der Waals surface area contributed by atoms with Gasteiger partial charge in [0, 0.05) is 6.42 Å². The van der Waals surface area contributed by atoms with Crippen molar-refractivity contribution in [3.8, 4) is 11.8 Å². The van der Waals surface area contributed by atoms with Crippen molar-refractivity contribution in [1.82, 2.24) is 0 Å². The molecular weight excluding hydrogens is 262 g/mol. The van der Waals surface area contributed by atoms with Gasteiger partial charge in [0.15, 0.2) is 0 Å². The van der Waals surface area contributed by atoms with E-state index in [0.29, 0.717) is 19.6 Å². The van der Waals surface area contributed by atoms with E-state index in [1.54, 1.807) is 0 Å². The van der Waals surface area contributed by atoms with E-state index >= 15 is 0 Å². The van der Waals surface area contributed by atoms with E-state index in [2.05, 4.69) is 6.07 Å². The quantitative estimate of drug-likeness (QED) is 0.841. The molecule has 1 unspecified atom stereocenters. The molecule has 0 bridgehead atoms. The van der Waals surface area contributed by atoms with Crippen LogP contribution in [-0.4, -0.2) is 12.2 Å². The lowest BCUT2D eigenvalue weighted by Crippen LogP contribution is -2.39. The molecule has 1 heterocycles. The van der Waals surface area contributed by atoms with Crippen molar-refractivity contribution >= 4 is 0 Å². The average molecular weight is 279 g/mol. The topological polar surface area (TPSA) is 42.2 Å². The molecule has 3 nitrogen and oxygen atoms in total. The second-order valence-corrected chi connectivity index (χ2v) is 5.38. The van der Waals surface area contributed by atoms with Crippen LogP contribution in [0.5, 0.6) is 5.75 Å². The molecule has 0 N–H and O–H groups in total. The van der Waals surface area contributed by atoms with Crippen LogP contribution in [0.3, 0.4) is 0 Å². The first kappa shape index (κ1) is 13.7. The SMILES string of the molecule is N#CCC1(COCc2ccccc2)Cc2ccccc2O1. The second-order valence-electron chi connectivity index (χ2n) is 5.38. The number of nitriles is 1. The average Bonchev–Trinajstić information content (AvgIpc) is 2.87. The van der Waals surface area contributed by atoms with E-state index in [1.165, 1.54) is 0 Å². The van der Waals surface area contributed by atoms with Gasteiger partial charge in [0.05, 0.1) is 25.7 Å². The van der Waals surface area contributed by atoms with Crippen LogP contribution in [0.1, 0.15) is 17.5 Å². The van der Waals surface area contributed by atoms with Crippen LogP contribution in [0.25, 0.3) is 0 Å². The normalized spacial score (nSPS) is 19.6. The number of hydrogen-bond donors (Lipinski definition) is 0. The van der Waals surface area contributed by atoms with Crippen molar-refractivity contribution in [2.75, 3.05) is 6.61 Å². The highest BCUT2D eigenvalue weighted by molar-refractivity contribution is 5.39. The Bertz CT molecular complexity index is 621. The standard InChI is InChI=1S/C18H17NO2/c19-11-10-18(12-16-8-4-5-9-17(16)21-18)14-20-13-15-6-2-1-3-7-15/h1-9H,10,12-14H2. The molecule has 21 heavy (non-hydrogen) atoms. The van der Waals surface area contributed by atoms with Crippen LogP contribution < -0.4 is 4.74 Å². The molecule has 0 spiro atoms. The van der Waals surface area contributed by atoms with E-state index in [0.717, 1.165) is 23.3 Å². The third kappa shape index (κ3) is 3.07. The molecule has 0 aliphatic carbocycles. The summed E-state index contributed by atoms with van der Waals surface area (Å²) in [6, 6.07) is 20.2. The van der Waals surface area contributed by atoms with Gasteiger partial charge in [0.2, 0.25) is 0 Å². The molecule has 2 aromatic carbocycles. The van der Waals surface area contributed by atoms with Crippen molar-refractivity contribution in [2.45, 2.75) is 25.0 Å². The van der Waals surface area contributed by atoms with Gasteiger partial charge >= 0.3 is 0 Å². The molecule has 0 amide bonds. The number of ether oxygens (including phenoxy) is 2. The van der Waals surface area contributed by atoms with Crippen LogP contribution in [-0.2, 0) is 17.8 Å². The summed E-state index contributed by atoms with van der Waals surface area (Å²) in [6.07, 6.45) is 1.06. The van der Waals surface area contributed by atoms with Gasteiger partial charge in [0.25, 0.3) is 0 Å². The van der Waals surface area contributed by atoms with Crippen LogP contribution in [0.15, 0.2) is 54.6 Å². The van der Waals surface area contributed by atoms with Gasteiger partial charge < -0.3 is 9.47 Å². The molecule has 3 heteroatoms. The third-order valence-corrected chi connectivity index (χ3v) is 3.69. The van der Waals surface area contributed by atoms with Gasteiger partial charge in [-0.3, -0.25) is 0 Å². The maximum Gasteiger partial charge on any atom is 0.149 e. The minimum Gasteiger partial charge on any atom is -0.483 e. The Hall–Kier alpha value is -2.31. The van der Waals surface area contributed by atoms with Crippen molar-refractivity contribution in [1.29, 1.82) is 5.26 Å². The number of fused-ring (bicyclic) bond motifs is 1. The zero-order valence-corrected chi connectivity index (χ0v) is 11.8. The molecule has 2 aromatic rings. The second kappa shape index (κ2) is 5.99. The Morgan fingerprint density at radius 1 is 1.10 bits per heavy atom. The van der Waals surface area contributed by atoms with Crippen LogP contribution >= 0.6 is 0 Å². The molecule has 106 valence electrons. The summed E-state index contributed by atoms with van der Waals surface area (Å²) in [7, 11) is 0. The minimum atomic E-state index is -0.548. The summed E-state index contributed by atoms with van der Waals surface area (Å²) >= 11 is 0. The van der Waals surface area contributed by atoms with Crippen molar-refractivity contribution in [3.63, 3.8) is 0 Å². The first-order valence-electron chi connectivity index (χ1n) is 7.07. The van der Waals surface area contributed by atoms with Gasteiger partial charge in [-0.2, -0.15) is 5.26 Å². The number of hydrogen-bond acceptors (Lipinski definition) is 3. The maximum atomic E-state index is 9.10. The summed E-state index contributed by atoms with van der Waals surface area (Å²) in [5.41, 5.74) is 1.73. The zero-order chi connectivity index (χ0) is 14.5. The highest BCUT2D eigenvalue weighted by Crippen LogP contribution is 2.37. The summed E-state index contributed by atoms with van der Waals surface area (Å²) in [5.74, 6) is 0.871. The van der Waals surface area contributed by atoms with Gasteiger partial charge in [-0.25, -0.2) is 0 Å². The van der Waals surface area contributed by atoms with E-state index in [4.69, 9.17) is 14.7 Å². The largest absolute Gasteiger partial charge is 0.483 e. The molecule has 0 saturated heterocycles. The maximum absolute atomic E-state index is 9.10. The molecule has 0 fully saturated rings. The van der Waals surface area contributed by atoms with Gasteiger partial charge in [-0.1, -0.05) is 48.5 Å². The summed E-state index contributed by atoms with van der Waals surface area (Å²) in [5, 5.41) is 9.10. The molecule has 3 rings (SSSR count). The predicted octanol–water partition coefficient (Wildman–Crippen LogP) is 3.49. The number of nitrogens with zero attached hydrogens (tertiary/aromatic N) is 1. The third-order valence-electron chi connectivity index (χ3n) is 3.69.